The van der Waals surface area contributed by atoms with E-state index in [2.05, 4.69) is 20.5 Å². The van der Waals surface area contributed by atoms with E-state index in [1.54, 1.807) is 29.0 Å². The zero-order chi connectivity index (χ0) is 26.3. The number of aromatic amines is 1. The SMILES string of the molecule is Cc1cc(-c2n[nH]c3ccc(C(=O)NC4CCCC(O)(Cn5c(=O)ccc6ccccc65)C4)cc23)ccn1. The fourth-order valence-corrected chi connectivity index (χ4v) is 5.65. The number of hydrogen-bond donors (Lipinski definition) is 3. The molecule has 3 aromatic heterocycles. The topological polar surface area (TPSA) is 113 Å². The van der Waals surface area contributed by atoms with Crippen LogP contribution in [0.5, 0.6) is 0 Å². The number of nitrogens with one attached hydrogen (secondary N) is 2. The van der Waals surface area contributed by atoms with Crippen molar-refractivity contribution >= 4 is 27.7 Å². The smallest absolute Gasteiger partial charge is 0.251 e. The van der Waals surface area contributed by atoms with E-state index in [0.717, 1.165) is 51.6 Å². The molecule has 3 N–H and O–H groups in total. The van der Waals surface area contributed by atoms with Gasteiger partial charge in [0.05, 0.1) is 23.2 Å². The molecule has 0 aliphatic heterocycles. The third-order valence-corrected chi connectivity index (χ3v) is 7.50. The van der Waals surface area contributed by atoms with Crippen molar-refractivity contribution in [2.75, 3.05) is 0 Å². The van der Waals surface area contributed by atoms with Crippen molar-refractivity contribution in [3.8, 4) is 11.3 Å². The molecule has 6 rings (SSSR count). The molecule has 5 aromatic rings. The summed E-state index contributed by atoms with van der Waals surface area (Å²) in [5.41, 5.74) is 3.54. The first-order valence-electron chi connectivity index (χ1n) is 12.9. The van der Waals surface area contributed by atoms with E-state index in [1.165, 1.54) is 0 Å². The summed E-state index contributed by atoms with van der Waals surface area (Å²) in [6, 6.07) is 20.2. The zero-order valence-corrected chi connectivity index (χ0v) is 21.1. The first kappa shape index (κ1) is 24.1. The first-order valence-corrected chi connectivity index (χ1v) is 12.9. The molecule has 0 bridgehead atoms. The van der Waals surface area contributed by atoms with Gasteiger partial charge in [0.2, 0.25) is 0 Å². The highest BCUT2D eigenvalue weighted by Crippen LogP contribution is 2.31. The van der Waals surface area contributed by atoms with E-state index in [1.807, 2.05) is 55.5 Å². The fraction of sp³-hybridized carbons (Fsp3) is 0.267. The number of H-pyrrole nitrogens is 1. The van der Waals surface area contributed by atoms with Crippen LogP contribution in [-0.4, -0.2) is 42.4 Å². The Hall–Kier alpha value is -4.30. The molecule has 8 nitrogen and oxygen atoms in total. The number of hydrogen-bond acceptors (Lipinski definition) is 5. The lowest BCUT2D eigenvalue weighted by Crippen LogP contribution is -2.48. The lowest BCUT2D eigenvalue weighted by Gasteiger charge is -2.37. The molecule has 3 heterocycles. The lowest BCUT2D eigenvalue weighted by atomic mass is 9.81. The summed E-state index contributed by atoms with van der Waals surface area (Å²) >= 11 is 0. The number of carbonyl (C=O) groups excluding carboxylic acids is 1. The summed E-state index contributed by atoms with van der Waals surface area (Å²) in [5.74, 6) is -0.193. The lowest BCUT2D eigenvalue weighted by molar-refractivity contribution is -0.0209. The molecule has 38 heavy (non-hydrogen) atoms. The predicted molar refractivity (Wildman–Crippen MR) is 147 cm³/mol. The second-order valence-electron chi connectivity index (χ2n) is 10.3. The van der Waals surface area contributed by atoms with Crippen LogP contribution < -0.4 is 10.9 Å². The Balaban J connectivity index is 1.22. The summed E-state index contributed by atoms with van der Waals surface area (Å²) in [4.78, 5) is 30.2. The van der Waals surface area contributed by atoms with Gasteiger partial charge in [0.1, 0.15) is 5.69 Å². The van der Waals surface area contributed by atoms with Crippen LogP contribution in [0.15, 0.2) is 77.7 Å². The summed E-state index contributed by atoms with van der Waals surface area (Å²) in [5, 5.41) is 24.0. The van der Waals surface area contributed by atoms with Crippen LogP contribution in [0.25, 0.3) is 33.1 Å². The standard InChI is InChI=1S/C30H29N5O3/c1-19-15-21(12-14-31-19)28-24-16-22(8-10-25(24)33-34-28)29(37)32-23-6-4-13-30(38,17-23)18-35-26-7-3-2-5-20(26)9-11-27(35)36/h2-3,5,7-12,14-16,23,38H,4,6,13,17-18H2,1H3,(H,32,37)(H,33,34). The Bertz CT molecular complexity index is 1720. The molecular formula is C30H29N5O3. The number of aliphatic hydroxyl groups is 1. The van der Waals surface area contributed by atoms with Crippen molar-refractivity contribution < 1.29 is 9.90 Å². The molecule has 0 spiro atoms. The number of nitrogens with zero attached hydrogens (tertiary/aromatic N) is 3. The highest BCUT2D eigenvalue weighted by atomic mass is 16.3. The molecule has 1 saturated carbocycles. The van der Waals surface area contributed by atoms with Gasteiger partial charge in [0.15, 0.2) is 0 Å². The second kappa shape index (κ2) is 9.54. The van der Waals surface area contributed by atoms with Gasteiger partial charge in [-0.15, -0.1) is 0 Å². The second-order valence-corrected chi connectivity index (χ2v) is 10.3. The molecule has 1 aliphatic rings. The van der Waals surface area contributed by atoms with Crippen molar-refractivity contribution in [2.45, 2.75) is 50.8 Å². The number of benzene rings is 2. The molecule has 1 aliphatic carbocycles. The van der Waals surface area contributed by atoms with E-state index >= 15 is 0 Å². The van der Waals surface area contributed by atoms with Crippen molar-refractivity contribution in [1.29, 1.82) is 0 Å². The summed E-state index contributed by atoms with van der Waals surface area (Å²) < 4.78 is 1.65. The van der Waals surface area contributed by atoms with Crippen LogP contribution in [0.4, 0.5) is 0 Å². The van der Waals surface area contributed by atoms with Gasteiger partial charge < -0.3 is 15.0 Å². The van der Waals surface area contributed by atoms with Crippen LogP contribution in [-0.2, 0) is 6.54 Å². The zero-order valence-electron chi connectivity index (χ0n) is 21.1. The normalized spacial score (nSPS) is 19.6. The molecule has 1 amide bonds. The number of aromatic nitrogens is 4. The van der Waals surface area contributed by atoms with Gasteiger partial charge in [-0.3, -0.25) is 19.7 Å². The van der Waals surface area contributed by atoms with E-state index < -0.39 is 5.60 Å². The van der Waals surface area contributed by atoms with E-state index in [9.17, 15) is 14.7 Å². The third kappa shape index (κ3) is 4.59. The number of rotatable bonds is 5. The highest BCUT2D eigenvalue weighted by molar-refractivity contribution is 6.01. The molecule has 2 atom stereocenters. The summed E-state index contributed by atoms with van der Waals surface area (Å²) in [6.07, 6.45) is 4.23. The molecule has 8 heteroatoms. The van der Waals surface area contributed by atoms with Crippen LogP contribution in [0, 0.1) is 6.92 Å². The molecule has 192 valence electrons. The molecule has 1 fully saturated rings. The van der Waals surface area contributed by atoms with Crippen LogP contribution >= 0.6 is 0 Å². The monoisotopic (exact) mass is 507 g/mol. The van der Waals surface area contributed by atoms with Crippen molar-refractivity contribution in [1.82, 2.24) is 25.1 Å². The van der Waals surface area contributed by atoms with E-state index in [4.69, 9.17) is 0 Å². The van der Waals surface area contributed by atoms with Gasteiger partial charge >= 0.3 is 0 Å². The number of para-hydroxylation sites is 1. The average Bonchev–Trinajstić information content (AvgIpc) is 3.34. The van der Waals surface area contributed by atoms with Crippen LogP contribution in [0.2, 0.25) is 0 Å². The van der Waals surface area contributed by atoms with Gasteiger partial charge in [0, 0.05) is 40.5 Å². The van der Waals surface area contributed by atoms with Crippen molar-refractivity contribution in [3.05, 3.63) is 94.5 Å². The molecule has 2 aromatic carbocycles. The third-order valence-electron chi connectivity index (χ3n) is 7.50. The summed E-state index contributed by atoms with van der Waals surface area (Å²) in [7, 11) is 0. The van der Waals surface area contributed by atoms with Gasteiger partial charge in [-0.05, 0) is 80.5 Å². The van der Waals surface area contributed by atoms with E-state index in [-0.39, 0.29) is 24.1 Å². The Labute approximate surface area is 219 Å². The average molecular weight is 508 g/mol. The fourth-order valence-electron chi connectivity index (χ4n) is 5.65. The van der Waals surface area contributed by atoms with Gasteiger partial charge in [0.25, 0.3) is 11.5 Å². The number of fused-ring (bicyclic) bond motifs is 2. The summed E-state index contributed by atoms with van der Waals surface area (Å²) in [6.45, 7) is 2.12. The Morgan fingerprint density at radius 1 is 1.16 bits per heavy atom. The minimum atomic E-state index is -1.09. The first-order chi connectivity index (χ1) is 18.4. The van der Waals surface area contributed by atoms with Gasteiger partial charge in [-0.2, -0.15) is 5.10 Å². The number of aryl methyl sites for hydroxylation is 1. The Morgan fingerprint density at radius 2 is 2.03 bits per heavy atom. The van der Waals surface area contributed by atoms with Gasteiger partial charge in [-0.1, -0.05) is 18.2 Å². The maximum absolute atomic E-state index is 13.3. The molecular weight excluding hydrogens is 478 g/mol. The molecule has 2 unspecified atom stereocenters. The highest BCUT2D eigenvalue weighted by Gasteiger charge is 2.36. The molecule has 0 radical (unpaired) electrons. The quantitative estimate of drug-likeness (QED) is 0.327. The van der Waals surface area contributed by atoms with Crippen LogP contribution in [0.1, 0.15) is 41.7 Å². The predicted octanol–water partition coefficient (Wildman–Crippen LogP) is 4.35. The minimum Gasteiger partial charge on any atom is -0.388 e. The maximum atomic E-state index is 13.3. The van der Waals surface area contributed by atoms with Crippen molar-refractivity contribution in [3.63, 3.8) is 0 Å². The van der Waals surface area contributed by atoms with Crippen molar-refractivity contribution in [2.24, 2.45) is 0 Å². The van der Waals surface area contributed by atoms with Crippen LogP contribution in [0.3, 0.4) is 0 Å². The molecule has 0 saturated heterocycles. The largest absolute Gasteiger partial charge is 0.388 e. The minimum absolute atomic E-state index is 0.142. The Kier molecular flexibility index (Phi) is 6.04. The number of pyridine rings is 2. The van der Waals surface area contributed by atoms with Gasteiger partial charge in [-0.25, -0.2) is 0 Å². The Morgan fingerprint density at radius 3 is 2.89 bits per heavy atom. The van der Waals surface area contributed by atoms with E-state index in [0.29, 0.717) is 18.4 Å². The number of amides is 1. The maximum Gasteiger partial charge on any atom is 0.251 e. The number of carbonyl (C=O) groups is 1.